The van der Waals surface area contributed by atoms with Gasteiger partial charge in [0.1, 0.15) is 18.1 Å². The van der Waals surface area contributed by atoms with Crippen LogP contribution in [0.25, 0.3) is 0 Å². The first kappa shape index (κ1) is 26.6. The summed E-state index contributed by atoms with van der Waals surface area (Å²) >= 11 is 0. The molecule has 4 amide bonds. The van der Waals surface area contributed by atoms with Crippen molar-refractivity contribution in [1.82, 2.24) is 25.9 Å². The van der Waals surface area contributed by atoms with Crippen LogP contribution in [0.4, 0.5) is 0 Å². The lowest BCUT2D eigenvalue weighted by Crippen LogP contribution is -2.57. The van der Waals surface area contributed by atoms with Gasteiger partial charge in [0.05, 0.1) is 18.8 Å². The first-order valence-corrected chi connectivity index (χ1v) is 10.1. The van der Waals surface area contributed by atoms with Gasteiger partial charge in [-0.25, -0.2) is 9.78 Å². The highest BCUT2D eigenvalue weighted by atomic mass is 16.4. The van der Waals surface area contributed by atoms with Crippen LogP contribution >= 0.6 is 0 Å². The molecule has 0 fully saturated rings. The van der Waals surface area contributed by atoms with E-state index in [4.69, 9.17) is 11.5 Å². The lowest BCUT2D eigenvalue weighted by molar-refractivity contribution is -0.142. The number of amides is 4. The minimum Gasteiger partial charge on any atom is -0.480 e. The Morgan fingerprint density at radius 2 is 1.69 bits per heavy atom. The van der Waals surface area contributed by atoms with E-state index in [2.05, 4.69) is 25.9 Å². The molecular formula is C19H31N7O6. The zero-order valence-electron chi connectivity index (χ0n) is 18.3. The number of imidazole rings is 1. The van der Waals surface area contributed by atoms with Crippen molar-refractivity contribution in [2.75, 3.05) is 0 Å². The minimum atomic E-state index is -1.44. The molecule has 0 saturated heterocycles. The summed E-state index contributed by atoms with van der Waals surface area (Å²) in [7, 11) is 0. The Morgan fingerprint density at radius 3 is 2.19 bits per heavy atom. The van der Waals surface area contributed by atoms with Crippen molar-refractivity contribution in [2.45, 2.75) is 64.2 Å². The lowest BCUT2D eigenvalue weighted by atomic mass is 9.99. The molecule has 1 aromatic rings. The number of aliphatic carboxylic acids is 1. The van der Waals surface area contributed by atoms with E-state index >= 15 is 0 Å². The van der Waals surface area contributed by atoms with Crippen molar-refractivity contribution < 1.29 is 29.1 Å². The molecule has 0 aliphatic heterocycles. The molecule has 178 valence electrons. The molecule has 1 rings (SSSR count). The molecule has 0 bridgehead atoms. The molecule has 9 N–H and O–H groups in total. The molecule has 1 heterocycles. The van der Waals surface area contributed by atoms with Crippen molar-refractivity contribution in [2.24, 2.45) is 17.4 Å². The molecule has 0 saturated carbocycles. The summed E-state index contributed by atoms with van der Waals surface area (Å²) in [6.07, 6.45) is 2.76. The largest absolute Gasteiger partial charge is 0.480 e. The predicted octanol–water partition coefficient (Wildman–Crippen LogP) is -2.24. The monoisotopic (exact) mass is 453 g/mol. The van der Waals surface area contributed by atoms with E-state index < -0.39 is 60.2 Å². The van der Waals surface area contributed by atoms with Crippen molar-refractivity contribution in [3.63, 3.8) is 0 Å². The van der Waals surface area contributed by atoms with E-state index in [9.17, 15) is 29.1 Å². The van der Waals surface area contributed by atoms with Gasteiger partial charge in [0, 0.05) is 18.3 Å². The Hall–Kier alpha value is -3.48. The number of primary amides is 1. The molecular weight excluding hydrogens is 422 g/mol. The average Bonchev–Trinajstić information content (AvgIpc) is 3.23. The summed E-state index contributed by atoms with van der Waals surface area (Å²) in [5.41, 5.74) is 11.5. The number of nitrogens with one attached hydrogen (secondary N) is 4. The fourth-order valence-corrected chi connectivity index (χ4v) is 2.68. The molecule has 0 radical (unpaired) electrons. The number of carboxylic acid groups (broad SMARTS) is 1. The maximum absolute atomic E-state index is 12.6. The standard InChI is InChI=1S/C19H31N7O6/c1-4-9(2)15(21)18(30)24-10(3)16(28)25-12(6-14(20)27)17(29)26-13(19(31)32)5-11-7-22-8-23-11/h7-10,12-13,15H,4-6,21H2,1-3H3,(H2,20,27)(H,22,23)(H,24,30)(H,25,28)(H,26,29)(H,31,32). The Bertz CT molecular complexity index is 813. The summed E-state index contributed by atoms with van der Waals surface area (Å²) in [4.78, 5) is 66.7. The molecule has 0 aliphatic carbocycles. The number of carboxylic acids is 1. The zero-order chi connectivity index (χ0) is 24.4. The van der Waals surface area contributed by atoms with Gasteiger partial charge in [-0.15, -0.1) is 0 Å². The Morgan fingerprint density at radius 1 is 1.06 bits per heavy atom. The van der Waals surface area contributed by atoms with Crippen LogP contribution in [0.1, 0.15) is 39.3 Å². The number of carbonyl (C=O) groups excluding carboxylic acids is 4. The van der Waals surface area contributed by atoms with Gasteiger partial charge in [-0.1, -0.05) is 20.3 Å². The third-order valence-corrected chi connectivity index (χ3v) is 4.94. The quantitative estimate of drug-likeness (QED) is 0.172. The number of carbonyl (C=O) groups is 5. The number of H-pyrrole nitrogens is 1. The van der Waals surface area contributed by atoms with Crippen LogP contribution < -0.4 is 27.4 Å². The average molecular weight is 454 g/mol. The van der Waals surface area contributed by atoms with Gasteiger partial charge < -0.3 is 37.5 Å². The molecule has 0 aliphatic rings. The molecule has 0 aromatic carbocycles. The topological polar surface area (TPSA) is 222 Å². The smallest absolute Gasteiger partial charge is 0.326 e. The number of rotatable bonds is 13. The zero-order valence-corrected chi connectivity index (χ0v) is 18.3. The van der Waals surface area contributed by atoms with Crippen molar-refractivity contribution >= 4 is 29.6 Å². The lowest BCUT2D eigenvalue weighted by Gasteiger charge is -2.24. The normalized spacial score (nSPS) is 15.5. The molecule has 0 spiro atoms. The van der Waals surface area contributed by atoms with Gasteiger partial charge in [0.2, 0.25) is 23.6 Å². The van der Waals surface area contributed by atoms with Gasteiger partial charge >= 0.3 is 5.97 Å². The summed E-state index contributed by atoms with van der Waals surface area (Å²) in [5.74, 6) is -4.54. The van der Waals surface area contributed by atoms with Crippen LogP contribution in [0.2, 0.25) is 0 Å². The molecule has 13 heteroatoms. The van der Waals surface area contributed by atoms with Crippen LogP contribution in [-0.4, -0.2) is 68.8 Å². The minimum absolute atomic E-state index is 0.0989. The van der Waals surface area contributed by atoms with Gasteiger partial charge in [-0.05, 0) is 12.8 Å². The number of aromatic nitrogens is 2. The fraction of sp³-hybridized carbons (Fsp3) is 0.579. The van der Waals surface area contributed by atoms with E-state index in [1.165, 1.54) is 19.4 Å². The third-order valence-electron chi connectivity index (χ3n) is 4.94. The van der Waals surface area contributed by atoms with Gasteiger partial charge in [0.25, 0.3) is 0 Å². The summed E-state index contributed by atoms with van der Waals surface area (Å²) < 4.78 is 0. The number of hydrogen-bond acceptors (Lipinski definition) is 7. The Balaban J connectivity index is 2.82. The molecule has 32 heavy (non-hydrogen) atoms. The fourth-order valence-electron chi connectivity index (χ4n) is 2.68. The summed E-state index contributed by atoms with van der Waals surface area (Å²) in [5, 5.41) is 16.4. The number of hydrogen-bond donors (Lipinski definition) is 7. The van der Waals surface area contributed by atoms with E-state index in [0.29, 0.717) is 12.1 Å². The second kappa shape index (κ2) is 12.4. The van der Waals surface area contributed by atoms with Crippen molar-refractivity contribution in [1.29, 1.82) is 0 Å². The van der Waals surface area contributed by atoms with Crippen LogP contribution in [0.3, 0.4) is 0 Å². The van der Waals surface area contributed by atoms with E-state index in [0.717, 1.165) is 0 Å². The van der Waals surface area contributed by atoms with Crippen LogP contribution in [0.15, 0.2) is 12.5 Å². The van der Waals surface area contributed by atoms with Crippen LogP contribution in [-0.2, 0) is 30.4 Å². The maximum atomic E-state index is 12.6. The van der Waals surface area contributed by atoms with Crippen molar-refractivity contribution in [3.8, 4) is 0 Å². The third kappa shape index (κ3) is 8.34. The first-order chi connectivity index (χ1) is 15.0. The maximum Gasteiger partial charge on any atom is 0.326 e. The highest BCUT2D eigenvalue weighted by molar-refractivity contribution is 5.96. The number of nitrogens with zero attached hydrogens (tertiary/aromatic N) is 1. The molecule has 13 nitrogen and oxygen atoms in total. The highest BCUT2D eigenvalue weighted by Gasteiger charge is 2.30. The van der Waals surface area contributed by atoms with E-state index in [-0.39, 0.29) is 12.3 Å². The summed E-state index contributed by atoms with van der Waals surface area (Å²) in [6.45, 7) is 5.05. The SMILES string of the molecule is CCC(C)C(N)C(=O)NC(C)C(=O)NC(CC(N)=O)C(=O)NC(Cc1cnc[nH]1)C(=O)O. The second-order valence-corrected chi connectivity index (χ2v) is 7.55. The van der Waals surface area contributed by atoms with Crippen molar-refractivity contribution in [3.05, 3.63) is 18.2 Å². The number of aromatic amines is 1. The molecule has 5 unspecified atom stereocenters. The summed E-state index contributed by atoms with van der Waals surface area (Å²) in [6, 6.07) is -4.67. The van der Waals surface area contributed by atoms with Gasteiger partial charge in [-0.3, -0.25) is 19.2 Å². The highest BCUT2D eigenvalue weighted by Crippen LogP contribution is 2.06. The van der Waals surface area contributed by atoms with E-state index in [1.54, 1.807) is 6.92 Å². The van der Waals surface area contributed by atoms with Crippen LogP contribution in [0, 0.1) is 5.92 Å². The first-order valence-electron chi connectivity index (χ1n) is 10.1. The number of nitrogens with two attached hydrogens (primary N) is 2. The van der Waals surface area contributed by atoms with E-state index in [1.807, 2.05) is 6.92 Å². The molecule has 5 atom stereocenters. The Kier molecular flexibility index (Phi) is 10.3. The second-order valence-electron chi connectivity index (χ2n) is 7.55. The molecule has 1 aromatic heterocycles. The predicted molar refractivity (Wildman–Crippen MR) is 113 cm³/mol. The Labute approximate surface area is 185 Å². The van der Waals surface area contributed by atoms with Gasteiger partial charge in [0.15, 0.2) is 0 Å². The van der Waals surface area contributed by atoms with Crippen LogP contribution in [0.5, 0.6) is 0 Å². The van der Waals surface area contributed by atoms with Gasteiger partial charge in [-0.2, -0.15) is 0 Å².